The number of aryl methyl sites for hydroxylation is 2. The molecule has 0 saturated carbocycles. The van der Waals surface area contributed by atoms with Crippen molar-refractivity contribution >= 4 is 17.7 Å². The van der Waals surface area contributed by atoms with E-state index in [2.05, 4.69) is 19.9 Å². The molecule has 214 valence electrons. The number of amides is 1. The second-order valence-electron chi connectivity index (χ2n) is 12.7. The predicted octanol–water partition coefficient (Wildman–Crippen LogP) is 6.71. The van der Waals surface area contributed by atoms with E-state index in [0.29, 0.717) is 11.1 Å². The summed E-state index contributed by atoms with van der Waals surface area (Å²) in [6, 6.07) is 11.7. The highest BCUT2D eigenvalue weighted by Crippen LogP contribution is 2.41. The van der Waals surface area contributed by atoms with Gasteiger partial charge in [0.15, 0.2) is 5.78 Å². The fourth-order valence-corrected chi connectivity index (χ4v) is 4.96. The highest BCUT2D eigenvalue weighted by Gasteiger charge is 2.39. The Bertz CT molecular complexity index is 1250. The van der Waals surface area contributed by atoms with Crippen molar-refractivity contribution < 1.29 is 24.6 Å². The molecule has 39 heavy (non-hydrogen) atoms. The number of hydrogen-bond donors (Lipinski definition) is 2. The Hall–Kier alpha value is -2.99. The fourth-order valence-electron chi connectivity index (χ4n) is 4.96. The number of Topliss-reactive ketones (excluding diaryl/α,β-unsaturated/α-hetero) is 1. The lowest BCUT2D eigenvalue weighted by molar-refractivity contribution is -0.147. The van der Waals surface area contributed by atoms with Crippen LogP contribution in [0.2, 0.25) is 0 Å². The van der Waals surface area contributed by atoms with E-state index in [1.54, 1.807) is 13.0 Å². The van der Waals surface area contributed by atoms with Gasteiger partial charge in [0.2, 0.25) is 0 Å². The molecule has 0 aliphatic rings. The van der Waals surface area contributed by atoms with Crippen molar-refractivity contribution in [3.05, 3.63) is 69.8 Å². The van der Waals surface area contributed by atoms with Gasteiger partial charge in [-0.3, -0.25) is 9.59 Å². The Kier molecular flexibility index (Phi) is 9.29. The summed E-state index contributed by atoms with van der Waals surface area (Å²) in [6.45, 7) is 18.6. The van der Waals surface area contributed by atoms with Crippen molar-refractivity contribution in [1.82, 2.24) is 4.90 Å². The molecule has 2 N–H and O–H groups in total. The summed E-state index contributed by atoms with van der Waals surface area (Å²) in [6.07, 6.45) is 1.67. The maximum Gasteiger partial charge on any atom is 0.329 e. The molecule has 1 unspecified atom stereocenters. The van der Waals surface area contributed by atoms with Crippen molar-refractivity contribution in [2.45, 2.75) is 105 Å². The maximum absolute atomic E-state index is 13.2. The van der Waals surface area contributed by atoms with Crippen LogP contribution in [0.4, 0.5) is 0 Å². The van der Waals surface area contributed by atoms with Gasteiger partial charge in [0.05, 0.1) is 5.60 Å². The minimum absolute atomic E-state index is 0.0468. The van der Waals surface area contributed by atoms with E-state index in [-0.39, 0.29) is 23.5 Å². The van der Waals surface area contributed by atoms with E-state index in [1.807, 2.05) is 58.9 Å². The number of nitrogens with zero attached hydrogens (tertiary/aromatic N) is 1. The topological polar surface area (TPSA) is 94.9 Å². The van der Waals surface area contributed by atoms with Gasteiger partial charge in [0.25, 0.3) is 5.91 Å². The number of ketones is 1. The monoisotopic (exact) mass is 537 g/mol. The third-order valence-corrected chi connectivity index (χ3v) is 9.08. The molecule has 6 heteroatoms. The predicted molar refractivity (Wildman–Crippen MR) is 157 cm³/mol. The molecule has 0 aliphatic heterocycles. The zero-order valence-corrected chi connectivity index (χ0v) is 25.7. The normalized spacial score (nSPS) is 14.1. The van der Waals surface area contributed by atoms with Crippen LogP contribution in [0.5, 0.6) is 0 Å². The Morgan fingerprint density at radius 2 is 1.23 bits per heavy atom. The number of aliphatic carboxylic acids is 1. The van der Waals surface area contributed by atoms with E-state index in [0.717, 1.165) is 35.1 Å². The van der Waals surface area contributed by atoms with Crippen molar-refractivity contribution in [2.75, 3.05) is 7.05 Å². The van der Waals surface area contributed by atoms with Gasteiger partial charge in [0.1, 0.15) is 5.54 Å². The Morgan fingerprint density at radius 1 is 0.795 bits per heavy atom. The number of carboxylic acid groups (broad SMARTS) is 1. The molecule has 0 aliphatic carbocycles. The van der Waals surface area contributed by atoms with Gasteiger partial charge in [-0.15, -0.1) is 0 Å². The first kappa shape index (κ1) is 32.2. The summed E-state index contributed by atoms with van der Waals surface area (Å²) in [4.78, 5) is 39.3. The van der Waals surface area contributed by atoms with Crippen LogP contribution in [0.3, 0.4) is 0 Å². The lowest BCUT2D eigenvalue weighted by Gasteiger charge is -2.37. The first-order valence-electron chi connectivity index (χ1n) is 13.8. The van der Waals surface area contributed by atoms with E-state index in [4.69, 9.17) is 0 Å². The zero-order valence-electron chi connectivity index (χ0n) is 25.7. The van der Waals surface area contributed by atoms with Crippen LogP contribution in [0, 0.1) is 19.3 Å². The molecular weight excluding hydrogens is 490 g/mol. The summed E-state index contributed by atoms with van der Waals surface area (Å²) in [7, 11) is 1.51. The molecule has 0 aromatic heterocycles. The standard InChI is InChI=1S/C33H47NO5/c1-12-33(13-2,23-14-16-25(21(3)18-23)27(35)20-32(10,39)30(5,6)7)24-15-17-26(22(4)19-24)28(36)34(11)31(8,9)29(37)38/h14-19,39H,12-13,20H2,1-11H3,(H,37,38). The van der Waals surface area contributed by atoms with Crippen LogP contribution in [-0.4, -0.2) is 51.0 Å². The fraction of sp³-hybridized carbons (Fsp3) is 0.545. The number of benzene rings is 2. The molecule has 0 spiro atoms. The lowest BCUT2D eigenvalue weighted by atomic mass is 9.69. The van der Waals surface area contributed by atoms with Crippen LogP contribution in [-0.2, 0) is 10.2 Å². The van der Waals surface area contributed by atoms with Crippen molar-refractivity contribution in [3.63, 3.8) is 0 Å². The zero-order chi connectivity index (χ0) is 30.1. The first-order chi connectivity index (χ1) is 17.8. The number of rotatable bonds is 10. The van der Waals surface area contributed by atoms with Crippen LogP contribution in [0.15, 0.2) is 36.4 Å². The molecule has 0 heterocycles. The maximum atomic E-state index is 13.2. The smallest absolute Gasteiger partial charge is 0.329 e. The number of likely N-dealkylation sites (N-methyl/N-ethyl adjacent to an activating group) is 1. The van der Waals surface area contributed by atoms with Crippen molar-refractivity contribution in [1.29, 1.82) is 0 Å². The second kappa shape index (κ2) is 11.2. The highest BCUT2D eigenvalue weighted by molar-refractivity contribution is 5.99. The molecule has 0 fully saturated rings. The molecule has 0 radical (unpaired) electrons. The highest BCUT2D eigenvalue weighted by atomic mass is 16.4. The average molecular weight is 538 g/mol. The largest absolute Gasteiger partial charge is 0.480 e. The van der Waals surface area contributed by atoms with Gasteiger partial charge in [-0.2, -0.15) is 0 Å². The van der Waals surface area contributed by atoms with E-state index < -0.39 is 22.5 Å². The molecule has 6 nitrogen and oxygen atoms in total. The molecular formula is C33H47NO5. The van der Waals surface area contributed by atoms with Gasteiger partial charge in [-0.25, -0.2) is 4.79 Å². The van der Waals surface area contributed by atoms with Gasteiger partial charge >= 0.3 is 5.97 Å². The van der Waals surface area contributed by atoms with Gasteiger partial charge in [-0.05, 0) is 81.2 Å². The van der Waals surface area contributed by atoms with Gasteiger partial charge in [0, 0.05) is 30.0 Å². The third-order valence-electron chi connectivity index (χ3n) is 9.08. The number of carbonyl (C=O) groups excluding carboxylic acids is 2. The minimum atomic E-state index is -1.34. The second-order valence-corrected chi connectivity index (χ2v) is 12.7. The van der Waals surface area contributed by atoms with E-state index >= 15 is 0 Å². The average Bonchev–Trinajstić information content (AvgIpc) is 2.83. The number of carboxylic acids is 1. The minimum Gasteiger partial charge on any atom is -0.480 e. The summed E-state index contributed by atoms with van der Waals surface area (Å²) in [5, 5.41) is 20.5. The molecule has 0 saturated heterocycles. The van der Waals surface area contributed by atoms with Crippen LogP contribution < -0.4 is 0 Å². The van der Waals surface area contributed by atoms with Crippen LogP contribution in [0.1, 0.15) is 118 Å². The Morgan fingerprint density at radius 3 is 1.59 bits per heavy atom. The summed E-state index contributed by atoms with van der Waals surface area (Å²) in [5.41, 5.74) is 1.67. The van der Waals surface area contributed by atoms with Gasteiger partial charge < -0.3 is 15.1 Å². The van der Waals surface area contributed by atoms with E-state index in [1.165, 1.54) is 25.8 Å². The lowest BCUT2D eigenvalue weighted by Crippen LogP contribution is -2.50. The summed E-state index contributed by atoms with van der Waals surface area (Å²) >= 11 is 0. The molecule has 2 rings (SSSR count). The first-order valence-corrected chi connectivity index (χ1v) is 13.8. The molecule has 0 bridgehead atoms. The quantitative estimate of drug-likeness (QED) is 0.328. The van der Waals surface area contributed by atoms with Crippen molar-refractivity contribution in [2.24, 2.45) is 5.41 Å². The SMILES string of the molecule is CCC(CC)(c1ccc(C(=O)CC(C)(O)C(C)(C)C)c(C)c1)c1ccc(C(=O)N(C)C(C)(C)C(=O)O)c(C)c1. The van der Waals surface area contributed by atoms with Gasteiger partial charge in [-0.1, -0.05) is 65.0 Å². The summed E-state index contributed by atoms with van der Waals surface area (Å²) in [5.74, 6) is -1.48. The van der Waals surface area contributed by atoms with Crippen molar-refractivity contribution in [3.8, 4) is 0 Å². The van der Waals surface area contributed by atoms with Crippen LogP contribution >= 0.6 is 0 Å². The van der Waals surface area contributed by atoms with Crippen LogP contribution in [0.25, 0.3) is 0 Å². The molecule has 1 amide bonds. The number of aliphatic hydroxyl groups is 1. The number of hydrogen-bond acceptors (Lipinski definition) is 4. The molecule has 2 aromatic carbocycles. The third kappa shape index (κ3) is 6.11. The molecule has 2 aromatic rings. The molecule has 1 atom stereocenters. The van der Waals surface area contributed by atoms with E-state index in [9.17, 15) is 24.6 Å². The Balaban J connectivity index is 2.50. The number of carbonyl (C=O) groups is 3. The Labute approximate surface area is 234 Å². The summed E-state index contributed by atoms with van der Waals surface area (Å²) < 4.78 is 0.